The molecule has 0 amide bonds. The zero-order valence-corrected chi connectivity index (χ0v) is 12.4. The maximum absolute atomic E-state index is 9.93. The fourth-order valence-corrected chi connectivity index (χ4v) is 2.29. The average Bonchev–Trinajstić information content (AvgIpc) is 2.80. The summed E-state index contributed by atoms with van der Waals surface area (Å²) in [6, 6.07) is 12.6. The van der Waals surface area contributed by atoms with E-state index in [0.29, 0.717) is 22.5 Å². The third-order valence-corrected chi connectivity index (χ3v) is 3.56. The normalized spacial score (nSPS) is 11.8. The van der Waals surface area contributed by atoms with E-state index in [-0.39, 0.29) is 11.6 Å². The molecule has 0 spiro atoms. The van der Waals surface area contributed by atoms with E-state index >= 15 is 0 Å². The van der Waals surface area contributed by atoms with Crippen molar-refractivity contribution in [3.63, 3.8) is 0 Å². The molecule has 0 saturated heterocycles. The Morgan fingerprint density at radius 3 is 2.36 bits per heavy atom. The highest BCUT2D eigenvalue weighted by Crippen LogP contribution is 2.37. The van der Waals surface area contributed by atoms with Gasteiger partial charge >= 0.3 is 0 Å². The maximum Gasteiger partial charge on any atom is 0.218 e. The van der Waals surface area contributed by atoms with Gasteiger partial charge in [0, 0.05) is 11.5 Å². The Hall–Kier alpha value is -2.82. The summed E-state index contributed by atoms with van der Waals surface area (Å²) in [5, 5.41) is 28.4. The summed E-state index contributed by atoms with van der Waals surface area (Å²) in [7, 11) is 0. The maximum atomic E-state index is 9.93. The first kappa shape index (κ1) is 14.1. The largest absolute Gasteiger partial charge is 0.508 e. The summed E-state index contributed by atoms with van der Waals surface area (Å²) in [5.74, 6) is 0.529. The van der Waals surface area contributed by atoms with Crippen molar-refractivity contribution >= 4 is 22.3 Å². The van der Waals surface area contributed by atoms with Crippen molar-refractivity contribution in [1.82, 2.24) is 4.98 Å². The van der Waals surface area contributed by atoms with Gasteiger partial charge in [-0.3, -0.25) is 0 Å². The lowest BCUT2D eigenvalue weighted by atomic mass is 10.0. The van der Waals surface area contributed by atoms with Crippen LogP contribution in [0.3, 0.4) is 0 Å². The number of H-pyrrole nitrogens is 1. The van der Waals surface area contributed by atoms with Crippen LogP contribution >= 0.6 is 0 Å². The van der Waals surface area contributed by atoms with Crippen LogP contribution in [0.15, 0.2) is 52.7 Å². The molecule has 112 valence electrons. The Morgan fingerprint density at radius 2 is 1.68 bits per heavy atom. The smallest absolute Gasteiger partial charge is 0.218 e. The molecule has 22 heavy (non-hydrogen) atoms. The fourth-order valence-electron chi connectivity index (χ4n) is 2.29. The highest BCUT2D eigenvalue weighted by atomic mass is 16.3. The zero-order chi connectivity index (χ0) is 15.7. The molecule has 0 aliphatic heterocycles. The number of fused-ring (bicyclic) bond motifs is 1. The van der Waals surface area contributed by atoms with Gasteiger partial charge in [-0.15, -0.1) is 5.11 Å². The first-order valence-corrected chi connectivity index (χ1v) is 7.10. The molecule has 0 bridgehead atoms. The van der Waals surface area contributed by atoms with Crippen LogP contribution < -0.4 is 0 Å². The summed E-state index contributed by atoms with van der Waals surface area (Å²) >= 11 is 0. The fraction of sp³-hybridized carbons (Fsp3) is 0.176. The molecule has 0 saturated carbocycles. The number of phenols is 1. The van der Waals surface area contributed by atoms with Gasteiger partial charge in [0.25, 0.3) is 0 Å². The molecular formula is C17H17N3O2. The molecule has 3 aromatic rings. The first-order chi connectivity index (χ1) is 10.5. The lowest BCUT2D eigenvalue weighted by molar-refractivity contribution is 0.459. The summed E-state index contributed by atoms with van der Waals surface area (Å²) in [6.45, 7) is 4.27. The Balaban J connectivity index is 1.93. The molecule has 2 aromatic carbocycles. The van der Waals surface area contributed by atoms with E-state index in [4.69, 9.17) is 0 Å². The summed E-state index contributed by atoms with van der Waals surface area (Å²) in [6.07, 6.45) is 0. The summed E-state index contributed by atoms with van der Waals surface area (Å²) < 4.78 is 0. The quantitative estimate of drug-likeness (QED) is 0.586. The van der Waals surface area contributed by atoms with Crippen LogP contribution in [0.2, 0.25) is 0 Å². The third-order valence-electron chi connectivity index (χ3n) is 3.56. The number of aromatic amines is 1. The van der Waals surface area contributed by atoms with Crippen molar-refractivity contribution < 1.29 is 10.2 Å². The number of phenolic OH excluding ortho intramolecular Hbond substituents is 1. The minimum Gasteiger partial charge on any atom is -0.508 e. The minimum absolute atomic E-state index is 0.0665. The standard InChI is InChI=1S/C17H17N3O2/c1-10(2)11-3-5-12(6-4-11)19-20-16-14-8-7-13(21)9-15(14)18-17(16)22/h3-10,18,21-22H,1-2H3. The zero-order valence-electron chi connectivity index (χ0n) is 12.4. The summed E-state index contributed by atoms with van der Waals surface area (Å²) in [4.78, 5) is 2.77. The molecule has 0 atom stereocenters. The second-order valence-electron chi connectivity index (χ2n) is 5.50. The molecule has 5 nitrogen and oxygen atoms in total. The summed E-state index contributed by atoms with van der Waals surface area (Å²) in [5.41, 5.74) is 2.94. The molecule has 5 heteroatoms. The molecule has 3 rings (SSSR count). The Morgan fingerprint density at radius 1 is 0.955 bits per heavy atom. The molecule has 0 unspecified atom stereocenters. The van der Waals surface area contributed by atoms with E-state index in [2.05, 4.69) is 29.1 Å². The van der Waals surface area contributed by atoms with Crippen LogP contribution in [0.5, 0.6) is 11.6 Å². The third kappa shape index (κ3) is 2.65. The topological polar surface area (TPSA) is 81.0 Å². The minimum atomic E-state index is -0.0665. The van der Waals surface area contributed by atoms with E-state index in [0.717, 1.165) is 5.69 Å². The van der Waals surface area contributed by atoms with Crippen molar-refractivity contribution in [1.29, 1.82) is 0 Å². The molecule has 0 fully saturated rings. The van der Waals surface area contributed by atoms with Gasteiger partial charge in [0.05, 0.1) is 11.2 Å². The highest BCUT2D eigenvalue weighted by Gasteiger charge is 2.10. The number of aromatic nitrogens is 1. The number of nitrogens with zero attached hydrogens (tertiary/aromatic N) is 2. The SMILES string of the molecule is CC(C)c1ccc(N=Nc2c(O)[nH]c3cc(O)ccc23)cc1. The molecule has 3 N–H and O–H groups in total. The number of nitrogens with one attached hydrogen (secondary N) is 1. The second kappa shape index (κ2) is 5.52. The van der Waals surface area contributed by atoms with Crippen LogP contribution in [0.4, 0.5) is 11.4 Å². The van der Waals surface area contributed by atoms with Crippen LogP contribution in [-0.2, 0) is 0 Å². The highest BCUT2D eigenvalue weighted by molar-refractivity contribution is 5.94. The number of rotatable bonds is 3. The van der Waals surface area contributed by atoms with Gasteiger partial charge in [-0.05, 0) is 35.7 Å². The van der Waals surface area contributed by atoms with Gasteiger partial charge in [0.15, 0.2) is 5.69 Å². The first-order valence-electron chi connectivity index (χ1n) is 7.10. The van der Waals surface area contributed by atoms with Crippen LogP contribution in [0, 0.1) is 0 Å². The number of azo groups is 1. The van der Waals surface area contributed by atoms with E-state index in [1.54, 1.807) is 12.1 Å². The molecule has 0 radical (unpaired) electrons. The number of hydrogen-bond donors (Lipinski definition) is 3. The number of hydrogen-bond acceptors (Lipinski definition) is 4. The molecule has 0 aliphatic rings. The monoisotopic (exact) mass is 295 g/mol. The van der Waals surface area contributed by atoms with Crippen molar-refractivity contribution in [2.24, 2.45) is 10.2 Å². The van der Waals surface area contributed by atoms with E-state index in [9.17, 15) is 10.2 Å². The van der Waals surface area contributed by atoms with Crippen LogP contribution in [0.1, 0.15) is 25.3 Å². The van der Waals surface area contributed by atoms with Crippen molar-refractivity contribution in [3.8, 4) is 11.6 Å². The van der Waals surface area contributed by atoms with Crippen molar-refractivity contribution in [2.45, 2.75) is 19.8 Å². The van der Waals surface area contributed by atoms with Gasteiger partial charge in [-0.2, -0.15) is 5.11 Å². The van der Waals surface area contributed by atoms with Gasteiger partial charge < -0.3 is 15.2 Å². The number of aromatic hydroxyl groups is 2. The van der Waals surface area contributed by atoms with Gasteiger partial charge in [-0.1, -0.05) is 26.0 Å². The van der Waals surface area contributed by atoms with E-state index < -0.39 is 0 Å². The lowest BCUT2D eigenvalue weighted by Crippen LogP contribution is -1.84. The van der Waals surface area contributed by atoms with E-state index in [1.807, 2.05) is 24.3 Å². The Labute approximate surface area is 128 Å². The molecule has 1 aromatic heterocycles. The molecule has 1 heterocycles. The second-order valence-corrected chi connectivity index (χ2v) is 5.50. The van der Waals surface area contributed by atoms with Crippen molar-refractivity contribution in [3.05, 3.63) is 48.0 Å². The van der Waals surface area contributed by atoms with Crippen molar-refractivity contribution in [2.75, 3.05) is 0 Å². The van der Waals surface area contributed by atoms with Gasteiger partial charge in [0.2, 0.25) is 5.88 Å². The van der Waals surface area contributed by atoms with Crippen LogP contribution in [-0.4, -0.2) is 15.2 Å². The van der Waals surface area contributed by atoms with Crippen LogP contribution in [0.25, 0.3) is 10.9 Å². The predicted octanol–water partition coefficient (Wildman–Crippen LogP) is 5.12. The number of benzene rings is 2. The van der Waals surface area contributed by atoms with E-state index in [1.165, 1.54) is 11.6 Å². The molecule has 0 aliphatic carbocycles. The van der Waals surface area contributed by atoms with Gasteiger partial charge in [-0.25, -0.2) is 0 Å². The van der Waals surface area contributed by atoms with Gasteiger partial charge in [0.1, 0.15) is 5.75 Å². The predicted molar refractivity (Wildman–Crippen MR) is 86.3 cm³/mol. The average molecular weight is 295 g/mol. The molecular weight excluding hydrogens is 278 g/mol. The Bertz CT molecular complexity index is 833. The lowest BCUT2D eigenvalue weighted by Gasteiger charge is -2.03. The Kier molecular flexibility index (Phi) is 3.55.